The number of rotatable bonds is 5. The Labute approximate surface area is 95.1 Å². The summed E-state index contributed by atoms with van der Waals surface area (Å²) in [7, 11) is 1.49. The molecule has 1 atom stereocenters. The average Bonchev–Trinajstić information content (AvgIpc) is 2.66. The predicted octanol–water partition coefficient (Wildman–Crippen LogP) is 1.45. The van der Waals surface area contributed by atoms with Crippen LogP contribution in [0, 0.1) is 0 Å². The molecule has 0 saturated carbocycles. The third-order valence-electron chi connectivity index (χ3n) is 2.60. The van der Waals surface area contributed by atoms with E-state index in [0.717, 1.165) is 5.82 Å². The van der Waals surface area contributed by atoms with Crippen LogP contribution in [0.5, 0.6) is 0 Å². The van der Waals surface area contributed by atoms with Gasteiger partial charge in [0.05, 0.1) is 6.61 Å². The number of carbonyl (C=O) groups is 1. The summed E-state index contributed by atoms with van der Waals surface area (Å²) in [6.07, 6.45) is 3.30. The highest BCUT2D eigenvalue weighted by molar-refractivity contribution is 5.76. The Hall–Kier alpha value is -1.36. The molecule has 16 heavy (non-hydrogen) atoms. The van der Waals surface area contributed by atoms with Crippen molar-refractivity contribution in [2.45, 2.75) is 32.2 Å². The SMILES string of the molecule is COCC(C)(C(=O)O)n1ccnc1C(C)C. The van der Waals surface area contributed by atoms with Crippen LogP contribution in [0.4, 0.5) is 0 Å². The van der Waals surface area contributed by atoms with Crippen molar-refractivity contribution in [1.82, 2.24) is 9.55 Å². The molecule has 1 aromatic rings. The summed E-state index contributed by atoms with van der Waals surface area (Å²) in [4.78, 5) is 15.5. The van der Waals surface area contributed by atoms with Gasteiger partial charge in [-0.25, -0.2) is 9.78 Å². The van der Waals surface area contributed by atoms with E-state index in [1.807, 2.05) is 13.8 Å². The van der Waals surface area contributed by atoms with E-state index >= 15 is 0 Å². The van der Waals surface area contributed by atoms with Gasteiger partial charge in [0.15, 0.2) is 5.54 Å². The van der Waals surface area contributed by atoms with Crippen molar-refractivity contribution in [3.8, 4) is 0 Å². The molecule has 0 radical (unpaired) electrons. The van der Waals surface area contributed by atoms with Crippen molar-refractivity contribution in [2.75, 3.05) is 13.7 Å². The molecule has 1 rings (SSSR count). The lowest BCUT2D eigenvalue weighted by Gasteiger charge is -2.28. The zero-order valence-corrected chi connectivity index (χ0v) is 10.1. The van der Waals surface area contributed by atoms with Gasteiger partial charge >= 0.3 is 5.97 Å². The summed E-state index contributed by atoms with van der Waals surface area (Å²) < 4.78 is 6.67. The number of aromatic nitrogens is 2. The van der Waals surface area contributed by atoms with Crippen LogP contribution >= 0.6 is 0 Å². The molecule has 0 aliphatic heterocycles. The maximum atomic E-state index is 11.4. The normalized spacial score (nSPS) is 15.1. The molecule has 0 fully saturated rings. The highest BCUT2D eigenvalue weighted by Crippen LogP contribution is 2.23. The number of ether oxygens (including phenoxy) is 1. The first kappa shape index (κ1) is 12.7. The van der Waals surface area contributed by atoms with Crippen LogP contribution in [-0.2, 0) is 15.1 Å². The number of carboxylic acid groups (broad SMARTS) is 1. The number of nitrogens with zero attached hydrogens (tertiary/aromatic N) is 2. The van der Waals surface area contributed by atoms with E-state index in [-0.39, 0.29) is 12.5 Å². The number of hydrogen-bond acceptors (Lipinski definition) is 3. The molecule has 0 saturated heterocycles. The fraction of sp³-hybridized carbons (Fsp3) is 0.636. The van der Waals surface area contributed by atoms with Crippen LogP contribution < -0.4 is 0 Å². The molecule has 1 heterocycles. The van der Waals surface area contributed by atoms with E-state index < -0.39 is 11.5 Å². The van der Waals surface area contributed by atoms with Gasteiger partial charge in [0.1, 0.15) is 5.82 Å². The molecule has 0 aliphatic rings. The Bertz CT molecular complexity index is 373. The van der Waals surface area contributed by atoms with Crippen molar-refractivity contribution in [3.63, 3.8) is 0 Å². The lowest BCUT2D eigenvalue weighted by Crippen LogP contribution is -2.43. The molecule has 90 valence electrons. The van der Waals surface area contributed by atoms with E-state index in [0.29, 0.717) is 0 Å². The van der Waals surface area contributed by atoms with Crippen LogP contribution in [0.25, 0.3) is 0 Å². The topological polar surface area (TPSA) is 64.3 Å². The summed E-state index contributed by atoms with van der Waals surface area (Å²) in [6, 6.07) is 0. The highest BCUT2D eigenvalue weighted by Gasteiger charge is 2.37. The summed E-state index contributed by atoms with van der Waals surface area (Å²) >= 11 is 0. The summed E-state index contributed by atoms with van der Waals surface area (Å²) in [6.45, 7) is 5.70. The zero-order chi connectivity index (χ0) is 12.3. The molecule has 5 heteroatoms. The first-order chi connectivity index (χ1) is 7.43. The number of methoxy groups -OCH3 is 1. The minimum atomic E-state index is -1.11. The maximum Gasteiger partial charge on any atom is 0.332 e. The number of carboxylic acids is 1. The monoisotopic (exact) mass is 226 g/mol. The zero-order valence-electron chi connectivity index (χ0n) is 10.1. The first-order valence-corrected chi connectivity index (χ1v) is 5.19. The van der Waals surface area contributed by atoms with E-state index in [4.69, 9.17) is 4.74 Å². The largest absolute Gasteiger partial charge is 0.479 e. The Morgan fingerprint density at radius 1 is 1.69 bits per heavy atom. The van der Waals surface area contributed by atoms with Crippen molar-refractivity contribution in [3.05, 3.63) is 18.2 Å². The average molecular weight is 226 g/mol. The Kier molecular flexibility index (Phi) is 3.70. The molecule has 0 bridgehead atoms. The second kappa shape index (κ2) is 4.65. The highest BCUT2D eigenvalue weighted by atomic mass is 16.5. The number of imidazole rings is 1. The van der Waals surface area contributed by atoms with E-state index in [9.17, 15) is 9.90 Å². The second-order valence-electron chi connectivity index (χ2n) is 4.32. The second-order valence-corrected chi connectivity index (χ2v) is 4.32. The van der Waals surface area contributed by atoms with Crippen molar-refractivity contribution in [1.29, 1.82) is 0 Å². The fourth-order valence-corrected chi connectivity index (χ4v) is 1.67. The van der Waals surface area contributed by atoms with E-state index in [2.05, 4.69) is 4.98 Å². The van der Waals surface area contributed by atoms with Crippen LogP contribution in [0.3, 0.4) is 0 Å². The molecule has 0 spiro atoms. The molecule has 0 amide bonds. The molecular weight excluding hydrogens is 208 g/mol. The molecule has 5 nitrogen and oxygen atoms in total. The lowest BCUT2D eigenvalue weighted by atomic mass is 10.0. The predicted molar refractivity (Wildman–Crippen MR) is 59.5 cm³/mol. The van der Waals surface area contributed by atoms with Gasteiger partial charge in [0.2, 0.25) is 0 Å². The smallest absolute Gasteiger partial charge is 0.332 e. The molecule has 0 aliphatic carbocycles. The molecule has 1 aromatic heterocycles. The standard InChI is InChI=1S/C11H18N2O3/c1-8(2)9-12-5-6-13(9)11(3,7-16-4)10(14)15/h5-6,8H,7H2,1-4H3,(H,14,15). The third-order valence-corrected chi connectivity index (χ3v) is 2.60. The van der Waals surface area contributed by atoms with Crippen LogP contribution in [0.15, 0.2) is 12.4 Å². The van der Waals surface area contributed by atoms with Crippen LogP contribution in [-0.4, -0.2) is 34.3 Å². The van der Waals surface area contributed by atoms with Crippen molar-refractivity contribution in [2.24, 2.45) is 0 Å². The van der Waals surface area contributed by atoms with E-state index in [1.54, 1.807) is 23.9 Å². The van der Waals surface area contributed by atoms with Gasteiger partial charge in [-0.3, -0.25) is 0 Å². The number of aliphatic carboxylic acids is 1. The maximum absolute atomic E-state index is 11.4. The fourth-order valence-electron chi connectivity index (χ4n) is 1.67. The third kappa shape index (κ3) is 2.09. The minimum Gasteiger partial charge on any atom is -0.479 e. The van der Waals surface area contributed by atoms with Gasteiger partial charge in [0.25, 0.3) is 0 Å². The molecular formula is C11H18N2O3. The Balaban J connectivity index is 3.21. The Morgan fingerprint density at radius 3 is 2.75 bits per heavy atom. The van der Waals surface area contributed by atoms with Gasteiger partial charge in [-0.15, -0.1) is 0 Å². The summed E-state index contributed by atoms with van der Waals surface area (Å²) in [5, 5.41) is 9.31. The minimum absolute atomic E-state index is 0.110. The van der Waals surface area contributed by atoms with Gasteiger partial charge in [0, 0.05) is 25.4 Å². The van der Waals surface area contributed by atoms with Gasteiger partial charge in [-0.1, -0.05) is 13.8 Å². The Morgan fingerprint density at radius 2 is 2.31 bits per heavy atom. The summed E-state index contributed by atoms with van der Waals surface area (Å²) in [5.74, 6) is 0.00160. The van der Waals surface area contributed by atoms with Gasteiger partial charge in [-0.05, 0) is 6.92 Å². The number of hydrogen-bond donors (Lipinski definition) is 1. The van der Waals surface area contributed by atoms with Crippen LogP contribution in [0.1, 0.15) is 32.5 Å². The van der Waals surface area contributed by atoms with Crippen molar-refractivity contribution >= 4 is 5.97 Å². The van der Waals surface area contributed by atoms with Gasteiger partial charge < -0.3 is 14.4 Å². The van der Waals surface area contributed by atoms with Gasteiger partial charge in [-0.2, -0.15) is 0 Å². The first-order valence-electron chi connectivity index (χ1n) is 5.19. The molecule has 1 N–H and O–H groups in total. The van der Waals surface area contributed by atoms with Crippen molar-refractivity contribution < 1.29 is 14.6 Å². The van der Waals surface area contributed by atoms with E-state index in [1.165, 1.54) is 7.11 Å². The quantitative estimate of drug-likeness (QED) is 0.825. The summed E-state index contributed by atoms with van der Waals surface area (Å²) in [5.41, 5.74) is -1.11. The lowest BCUT2D eigenvalue weighted by molar-refractivity contribution is -0.149. The van der Waals surface area contributed by atoms with Crippen LogP contribution in [0.2, 0.25) is 0 Å². The molecule has 1 unspecified atom stereocenters. The molecule has 0 aromatic carbocycles.